The van der Waals surface area contributed by atoms with Crippen molar-refractivity contribution in [1.82, 2.24) is 0 Å². The van der Waals surface area contributed by atoms with Crippen LogP contribution in [0.4, 0.5) is 5.69 Å². The molecule has 1 aromatic carbocycles. The van der Waals surface area contributed by atoms with Crippen LogP contribution in [0.5, 0.6) is 0 Å². The molecular formula is C12H16N2O3S. The van der Waals surface area contributed by atoms with Gasteiger partial charge in [-0.25, -0.2) is 13.6 Å². The Morgan fingerprint density at radius 2 is 1.78 bits per heavy atom. The van der Waals surface area contributed by atoms with Crippen molar-refractivity contribution in [2.24, 2.45) is 10.6 Å². The molecule has 6 heteroatoms. The molecule has 0 spiro atoms. The summed E-state index contributed by atoms with van der Waals surface area (Å²) in [6.07, 6.45) is 0.794. The molecule has 1 aliphatic rings. The van der Waals surface area contributed by atoms with Crippen LogP contribution in [0, 0.1) is 5.41 Å². The van der Waals surface area contributed by atoms with Gasteiger partial charge in [-0.3, -0.25) is 4.79 Å². The number of hydrogen-bond donors (Lipinski definition) is 1. The minimum absolute atomic E-state index is 0.0529. The number of primary sulfonamides is 1. The second-order valence-electron chi connectivity index (χ2n) is 5.13. The van der Waals surface area contributed by atoms with E-state index in [4.69, 9.17) is 5.14 Å². The summed E-state index contributed by atoms with van der Waals surface area (Å²) in [5, 5.41) is 5.02. The SMILES string of the molecule is CC1(C)CCN(c2ccc(S(N)(=O)=O)cc2)C1=O. The zero-order valence-electron chi connectivity index (χ0n) is 10.4. The zero-order valence-corrected chi connectivity index (χ0v) is 11.2. The standard InChI is InChI=1S/C12H16N2O3S/c1-12(2)7-8-14(11(12)15)9-3-5-10(6-4-9)18(13,16)17/h3-6H,7-8H2,1-2H3,(H2,13,16,17). The Morgan fingerprint density at radius 1 is 1.22 bits per heavy atom. The second-order valence-corrected chi connectivity index (χ2v) is 6.69. The smallest absolute Gasteiger partial charge is 0.238 e. The van der Waals surface area contributed by atoms with Crippen molar-refractivity contribution < 1.29 is 13.2 Å². The molecule has 2 N–H and O–H groups in total. The lowest BCUT2D eigenvalue weighted by molar-refractivity contribution is -0.123. The topological polar surface area (TPSA) is 80.5 Å². The van der Waals surface area contributed by atoms with Crippen molar-refractivity contribution in [3.8, 4) is 0 Å². The first-order valence-electron chi connectivity index (χ1n) is 5.67. The quantitative estimate of drug-likeness (QED) is 0.872. The van der Waals surface area contributed by atoms with Crippen molar-refractivity contribution in [3.05, 3.63) is 24.3 Å². The van der Waals surface area contributed by atoms with Crippen molar-refractivity contribution in [2.45, 2.75) is 25.2 Å². The molecule has 0 saturated carbocycles. The Hall–Kier alpha value is -1.40. The molecule has 0 aromatic heterocycles. The van der Waals surface area contributed by atoms with E-state index in [0.29, 0.717) is 12.2 Å². The van der Waals surface area contributed by atoms with Crippen LogP contribution in [0.15, 0.2) is 29.2 Å². The second kappa shape index (κ2) is 4.07. The molecule has 0 bridgehead atoms. The number of benzene rings is 1. The summed E-state index contributed by atoms with van der Waals surface area (Å²) in [5.74, 6) is 0.0610. The Kier molecular flexibility index (Phi) is 2.95. The maximum Gasteiger partial charge on any atom is 0.238 e. The third kappa shape index (κ3) is 2.26. The number of sulfonamides is 1. The van der Waals surface area contributed by atoms with E-state index >= 15 is 0 Å². The van der Waals surface area contributed by atoms with Gasteiger partial charge in [-0.05, 0) is 30.7 Å². The van der Waals surface area contributed by atoms with Crippen LogP contribution in [-0.4, -0.2) is 20.9 Å². The van der Waals surface area contributed by atoms with Gasteiger partial charge in [-0.15, -0.1) is 0 Å². The van der Waals surface area contributed by atoms with E-state index in [-0.39, 0.29) is 16.2 Å². The molecule has 18 heavy (non-hydrogen) atoms. The first kappa shape index (κ1) is 13.0. The fourth-order valence-corrected chi connectivity index (χ4v) is 2.54. The summed E-state index contributed by atoms with van der Waals surface area (Å²) in [6, 6.07) is 6.06. The average Bonchev–Trinajstić information content (AvgIpc) is 2.53. The predicted octanol–water partition coefficient (Wildman–Crippen LogP) is 1.10. The van der Waals surface area contributed by atoms with Gasteiger partial charge >= 0.3 is 0 Å². The highest BCUT2D eigenvalue weighted by Gasteiger charge is 2.39. The summed E-state index contributed by atoms with van der Waals surface area (Å²) in [6.45, 7) is 4.47. The number of amides is 1. The first-order chi connectivity index (χ1) is 8.22. The van der Waals surface area contributed by atoms with Gasteiger partial charge in [0.2, 0.25) is 15.9 Å². The Labute approximate surface area is 107 Å². The maximum atomic E-state index is 12.1. The van der Waals surface area contributed by atoms with Crippen molar-refractivity contribution >= 4 is 21.6 Å². The highest BCUT2D eigenvalue weighted by Crippen LogP contribution is 2.34. The predicted molar refractivity (Wildman–Crippen MR) is 68.6 cm³/mol. The van der Waals surface area contributed by atoms with E-state index in [1.54, 1.807) is 17.0 Å². The van der Waals surface area contributed by atoms with Crippen LogP contribution in [-0.2, 0) is 14.8 Å². The van der Waals surface area contributed by atoms with Gasteiger partial charge in [-0.2, -0.15) is 0 Å². The number of rotatable bonds is 2. The van der Waals surface area contributed by atoms with Crippen LogP contribution in [0.25, 0.3) is 0 Å². The highest BCUT2D eigenvalue weighted by atomic mass is 32.2. The van der Waals surface area contributed by atoms with E-state index in [9.17, 15) is 13.2 Å². The number of nitrogens with zero attached hydrogens (tertiary/aromatic N) is 1. The van der Waals surface area contributed by atoms with Crippen molar-refractivity contribution in [3.63, 3.8) is 0 Å². The molecule has 1 aliphatic heterocycles. The van der Waals surface area contributed by atoms with Gasteiger partial charge < -0.3 is 4.90 Å². The van der Waals surface area contributed by atoms with E-state index in [1.165, 1.54) is 12.1 Å². The monoisotopic (exact) mass is 268 g/mol. The number of carbonyl (C=O) groups excluding carboxylic acids is 1. The lowest BCUT2D eigenvalue weighted by Gasteiger charge is -2.19. The zero-order chi connectivity index (χ0) is 13.6. The largest absolute Gasteiger partial charge is 0.312 e. The molecular weight excluding hydrogens is 252 g/mol. The summed E-state index contributed by atoms with van der Waals surface area (Å²) >= 11 is 0. The Morgan fingerprint density at radius 3 is 2.17 bits per heavy atom. The van der Waals surface area contributed by atoms with Gasteiger partial charge in [0.1, 0.15) is 0 Å². The molecule has 0 aliphatic carbocycles. The van der Waals surface area contributed by atoms with Gasteiger partial charge in [0, 0.05) is 17.6 Å². The van der Waals surface area contributed by atoms with Crippen LogP contribution < -0.4 is 10.0 Å². The number of hydrogen-bond acceptors (Lipinski definition) is 3. The summed E-state index contributed by atoms with van der Waals surface area (Å²) in [7, 11) is -3.68. The van der Waals surface area contributed by atoms with Crippen molar-refractivity contribution in [2.75, 3.05) is 11.4 Å². The average molecular weight is 268 g/mol. The Bertz CT molecular complexity index is 576. The van der Waals surface area contributed by atoms with Gasteiger partial charge in [-0.1, -0.05) is 13.8 Å². The van der Waals surface area contributed by atoms with Gasteiger partial charge in [0.25, 0.3) is 0 Å². The molecule has 0 atom stereocenters. The minimum Gasteiger partial charge on any atom is -0.312 e. The van der Waals surface area contributed by atoms with Crippen LogP contribution >= 0.6 is 0 Å². The number of anilines is 1. The minimum atomic E-state index is -3.68. The van der Waals surface area contributed by atoms with Crippen molar-refractivity contribution in [1.29, 1.82) is 0 Å². The molecule has 2 rings (SSSR count). The molecule has 98 valence electrons. The van der Waals surface area contributed by atoms with Gasteiger partial charge in [0.15, 0.2) is 0 Å². The Balaban J connectivity index is 2.30. The van der Waals surface area contributed by atoms with E-state index in [2.05, 4.69) is 0 Å². The molecule has 1 heterocycles. The molecule has 0 unspecified atom stereocenters. The fourth-order valence-electron chi connectivity index (χ4n) is 2.03. The van der Waals surface area contributed by atoms with E-state index in [1.807, 2.05) is 13.8 Å². The number of carbonyl (C=O) groups is 1. The lowest BCUT2D eigenvalue weighted by atomic mass is 9.92. The van der Waals surface area contributed by atoms with E-state index < -0.39 is 10.0 Å². The normalized spacial score (nSPS) is 19.3. The number of nitrogens with two attached hydrogens (primary N) is 1. The summed E-state index contributed by atoms with van der Waals surface area (Å²) < 4.78 is 22.3. The maximum absolute atomic E-state index is 12.1. The van der Waals surface area contributed by atoms with Crippen LogP contribution in [0.2, 0.25) is 0 Å². The third-order valence-electron chi connectivity index (χ3n) is 3.26. The first-order valence-corrected chi connectivity index (χ1v) is 7.21. The van der Waals surface area contributed by atoms with Crippen LogP contribution in [0.1, 0.15) is 20.3 Å². The molecule has 1 amide bonds. The summed E-state index contributed by atoms with van der Waals surface area (Å²) in [4.78, 5) is 13.8. The molecule has 0 radical (unpaired) electrons. The molecule has 1 saturated heterocycles. The third-order valence-corrected chi connectivity index (χ3v) is 4.19. The highest BCUT2D eigenvalue weighted by molar-refractivity contribution is 7.89. The van der Waals surface area contributed by atoms with Crippen LogP contribution in [0.3, 0.4) is 0 Å². The fraction of sp³-hybridized carbons (Fsp3) is 0.417. The van der Waals surface area contributed by atoms with E-state index in [0.717, 1.165) is 6.42 Å². The summed E-state index contributed by atoms with van der Waals surface area (Å²) in [5.41, 5.74) is 0.358. The molecule has 1 fully saturated rings. The molecule has 5 nitrogen and oxygen atoms in total. The molecule has 1 aromatic rings. The van der Waals surface area contributed by atoms with Gasteiger partial charge in [0.05, 0.1) is 4.90 Å². The lowest BCUT2D eigenvalue weighted by Crippen LogP contribution is -2.30.